The van der Waals surface area contributed by atoms with E-state index < -0.39 is 0 Å². The SMILES string of the molecule is CC(=Nn1c(-c2ccc(-c3ccccc3)cc2)csc1=NCc1ccccc1)c1ccncc1. The molecule has 0 unspecified atom stereocenters. The van der Waals surface area contributed by atoms with E-state index in [0.29, 0.717) is 6.54 Å². The van der Waals surface area contributed by atoms with Crippen LogP contribution in [0.1, 0.15) is 18.1 Å². The van der Waals surface area contributed by atoms with Crippen molar-refractivity contribution in [3.8, 4) is 22.4 Å². The van der Waals surface area contributed by atoms with Gasteiger partial charge in [-0.05, 0) is 35.7 Å². The van der Waals surface area contributed by atoms with Gasteiger partial charge >= 0.3 is 0 Å². The van der Waals surface area contributed by atoms with E-state index in [2.05, 4.69) is 71.0 Å². The molecule has 5 heteroatoms. The molecule has 0 N–H and O–H groups in total. The highest BCUT2D eigenvalue weighted by Gasteiger charge is 2.10. The molecule has 0 saturated carbocycles. The van der Waals surface area contributed by atoms with Crippen LogP contribution in [0.5, 0.6) is 0 Å². The molecule has 34 heavy (non-hydrogen) atoms. The van der Waals surface area contributed by atoms with Crippen LogP contribution in [0.4, 0.5) is 0 Å². The van der Waals surface area contributed by atoms with E-state index in [9.17, 15) is 0 Å². The van der Waals surface area contributed by atoms with E-state index in [1.807, 2.05) is 48.0 Å². The summed E-state index contributed by atoms with van der Waals surface area (Å²) in [6.07, 6.45) is 3.58. The fourth-order valence-electron chi connectivity index (χ4n) is 3.71. The van der Waals surface area contributed by atoms with Gasteiger partial charge < -0.3 is 0 Å². The topological polar surface area (TPSA) is 42.5 Å². The Labute approximate surface area is 203 Å². The number of rotatable bonds is 6. The zero-order valence-electron chi connectivity index (χ0n) is 18.9. The van der Waals surface area contributed by atoms with Crippen molar-refractivity contribution < 1.29 is 0 Å². The van der Waals surface area contributed by atoms with Gasteiger partial charge in [-0.2, -0.15) is 5.10 Å². The molecule has 0 aliphatic carbocycles. The van der Waals surface area contributed by atoms with Crippen LogP contribution in [0.15, 0.2) is 125 Å². The summed E-state index contributed by atoms with van der Waals surface area (Å²) < 4.78 is 1.96. The molecule has 0 aliphatic heterocycles. The third-order valence-electron chi connectivity index (χ3n) is 5.56. The number of benzene rings is 3. The summed E-state index contributed by atoms with van der Waals surface area (Å²) in [6.45, 7) is 2.63. The first-order valence-electron chi connectivity index (χ1n) is 11.1. The minimum absolute atomic E-state index is 0.609. The Bertz CT molecular complexity index is 1450. The summed E-state index contributed by atoms with van der Waals surface area (Å²) in [5.41, 5.74) is 7.63. The molecule has 0 aliphatic rings. The molecule has 0 radical (unpaired) electrons. The van der Waals surface area contributed by atoms with Crippen molar-refractivity contribution in [3.63, 3.8) is 0 Å². The zero-order chi connectivity index (χ0) is 23.2. The third kappa shape index (κ3) is 4.95. The third-order valence-corrected chi connectivity index (χ3v) is 6.41. The second-order valence-corrected chi connectivity index (χ2v) is 8.72. The normalized spacial score (nSPS) is 12.1. The second kappa shape index (κ2) is 10.2. The first kappa shape index (κ1) is 21.7. The highest BCUT2D eigenvalue weighted by atomic mass is 32.1. The van der Waals surface area contributed by atoms with Crippen molar-refractivity contribution in [1.82, 2.24) is 9.66 Å². The average Bonchev–Trinajstić information content (AvgIpc) is 3.31. The van der Waals surface area contributed by atoms with Crippen LogP contribution in [-0.4, -0.2) is 15.4 Å². The van der Waals surface area contributed by atoms with Crippen molar-refractivity contribution in [2.45, 2.75) is 13.5 Å². The van der Waals surface area contributed by atoms with Gasteiger partial charge in [-0.1, -0.05) is 84.9 Å². The van der Waals surface area contributed by atoms with Gasteiger partial charge in [-0.3, -0.25) is 9.98 Å². The molecule has 0 spiro atoms. The van der Waals surface area contributed by atoms with Gasteiger partial charge in [0, 0.05) is 28.9 Å². The van der Waals surface area contributed by atoms with Gasteiger partial charge in [0.25, 0.3) is 0 Å². The van der Waals surface area contributed by atoms with E-state index in [1.165, 1.54) is 16.7 Å². The van der Waals surface area contributed by atoms with E-state index in [0.717, 1.165) is 27.3 Å². The molecule has 0 bridgehead atoms. The summed E-state index contributed by atoms with van der Waals surface area (Å²) in [5.74, 6) is 0. The number of hydrogen-bond acceptors (Lipinski definition) is 4. The number of thiazole rings is 1. The largest absolute Gasteiger partial charge is 0.265 e. The fourth-order valence-corrected chi connectivity index (χ4v) is 4.54. The Morgan fingerprint density at radius 3 is 2.09 bits per heavy atom. The van der Waals surface area contributed by atoms with Crippen LogP contribution in [0.3, 0.4) is 0 Å². The Morgan fingerprint density at radius 1 is 0.765 bits per heavy atom. The maximum absolute atomic E-state index is 4.98. The van der Waals surface area contributed by atoms with Gasteiger partial charge in [0.05, 0.1) is 18.0 Å². The molecule has 0 saturated heterocycles. The maximum atomic E-state index is 4.98. The Balaban J connectivity index is 1.56. The summed E-state index contributed by atoms with van der Waals surface area (Å²) in [7, 11) is 0. The number of pyridine rings is 1. The highest BCUT2D eigenvalue weighted by Crippen LogP contribution is 2.25. The average molecular weight is 461 g/mol. The number of hydrogen-bond donors (Lipinski definition) is 0. The molecule has 5 aromatic rings. The molecular weight excluding hydrogens is 436 g/mol. The van der Waals surface area contributed by atoms with Crippen molar-refractivity contribution in [1.29, 1.82) is 0 Å². The Morgan fingerprint density at radius 2 is 1.38 bits per heavy atom. The Kier molecular flexibility index (Phi) is 6.54. The first-order chi connectivity index (χ1) is 16.8. The van der Waals surface area contributed by atoms with Crippen LogP contribution in [0.25, 0.3) is 22.4 Å². The lowest BCUT2D eigenvalue weighted by Crippen LogP contribution is -2.14. The van der Waals surface area contributed by atoms with Gasteiger partial charge in [-0.25, -0.2) is 4.68 Å². The summed E-state index contributed by atoms with van der Waals surface area (Å²) in [6, 6.07) is 33.3. The van der Waals surface area contributed by atoms with E-state index >= 15 is 0 Å². The molecule has 3 aromatic carbocycles. The standard InChI is InChI=1S/C29H24N4S/c1-22(24-16-18-30-19-17-24)32-33-28(21-34-29(33)31-20-23-8-4-2-5-9-23)27-14-12-26(13-15-27)25-10-6-3-7-11-25/h2-19,21H,20H2,1H3. The maximum Gasteiger partial charge on any atom is 0.206 e. The van der Waals surface area contributed by atoms with Crippen molar-refractivity contribution in [3.05, 3.63) is 131 Å². The lowest BCUT2D eigenvalue weighted by molar-refractivity contribution is 0.819. The lowest BCUT2D eigenvalue weighted by Gasteiger charge is -2.08. The quantitative estimate of drug-likeness (QED) is 0.262. The molecular formula is C29H24N4S. The Hall–Kier alpha value is -4.09. The van der Waals surface area contributed by atoms with Gasteiger partial charge in [0.2, 0.25) is 4.80 Å². The van der Waals surface area contributed by atoms with E-state index in [1.54, 1.807) is 23.7 Å². The molecule has 0 amide bonds. The van der Waals surface area contributed by atoms with Crippen LogP contribution >= 0.6 is 11.3 Å². The van der Waals surface area contributed by atoms with Crippen LogP contribution in [-0.2, 0) is 6.54 Å². The summed E-state index contributed by atoms with van der Waals surface area (Å²) in [5, 5.41) is 7.11. The zero-order valence-corrected chi connectivity index (χ0v) is 19.7. The second-order valence-electron chi connectivity index (χ2n) is 7.88. The van der Waals surface area contributed by atoms with E-state index in [4.69, 9.17) is 10.1 Å². The van der Waals surface area contributed by atoms with Crippen molar-refractivity contribution >= 4 is 17.0 Å². The van der Waals surface area contributed by atoms with Gasteiger partial charge in [0.15, 0.2) is 0 Å². The lowest BCUT2D eigenvalue weighted by atomic mass is 10.0. The predicted molar refractivity (Wildman–Crippen MR) is 141 cm³/mol. The van der Waals surface area contributed by atoms with Crippen LogP contribution < -0.4 is 4.80 Å². The number of aromatic nitrogens is 2. The van der Waals surface area contributed by atoms with Crippen LogP contribution in [0, 0.1) is 0 Å². The molecule has 2 aromatic heterocycles. The summed E-state index contributed by atoms with van der Waals surface area (Å²) in [4.78, 5) is 9.88. The monoisotopic (exact) mass is 460 g/mol. The molecule has 5 rings (SSSR count). The minimum atomic E-state index is 0.609. The van der Waals surface area contributed by atoms with Crippen molar-refractivity contribution in [2.24, 2.45) is 10.1 Å². The van der Waals surface area contributed by atoms with Gasteiger partial charge in [0.1, 0.15) is 0 Å². The molecule has 4 nitrogen and oxygen atoms in total. The molecule has 2 heterocycles. The highest BCUT2D eigenvalue weighted by molar-refractivity contribution is 7.07. The smallest absolute Gasteiger partial charge is 0.206 e. The predicted octanol–water partition coefficient (Wildman–Crippen LogP) is 6.65. The first-order valence-corrected chi connectivity index (χ1v) is 12.0. The van der Waals surface area contributed by atoms with Crippen molar-refractivity contribution in [2.75, 3.05) is 0 Å². The minimum Gasteiger partial charge on any atom is -0.265 e. The molecule has 0 atom stereocenters. The van der Waals surface area contributed by atoms with E-state index in [-0.39, 0.29) is 0 Å². The molecule has 0 fully saturated rings. The fraction of sp³-hybridized carbons (Fsp3) is 0.0690. The van der Waals surface area contributed by atoms with Crippen LogP contribution in [0.2, 0.25) is 0 Å². The number of nitrogens with zero attached hydrogens (tertiary/aromatic N) is 4. The van der Waals surface area contributed by atoms with Gasteiger partial charge in [-0.15, -0.1) is 11.3 Å². The molecule has 166 valence electrons. The summed E-state index contributed by atoms with van der Waals surface area (Å²) >= 11 is 1.60.